The van der Waals surface area contributed by atoms with Crippen molar-refractivity contribution in [3.8, 4) is 11.8 Å². The van der Waals surface area contributed by atoms with E-state index in [1.54, 1.807) is 0 Å². The molecule has 0 N–H and O–H groups in total. The van der Waals surface area contributed by atoms with E-state index in [1.807, 2.05) is 6.92 Å². The molecule has 0 bridgehead atoms. The molecule has 56 valence electrons. The molecule has 1 atom stereocenters. The van der Waals surface area contributed by atoms with Crippen LogP contribution in [0.4, 0.5) is 0 Å². The van der Waals surface area contributed by atoms with Crippen LogP contribution in [-0.4, -0.2) is 0 Å². The second-order valence-electron chi connectivity index (χ2n) is 3.30. The first-order valence-corrected chi connectivity index (χ1v) is 4.24. The molecule has 0 radical (unpaired) electrons. The van der Waals surface area contributed by atoms with Gasteiger partial charge in [0.2, 0.25) is 0 Å². The van der Waals surface area contributed by atoms with E-state index in [-0.39, 0.29) is 0 Å². The van der Waals surface area contributed by atoms with Gasteiger partial charge < -0.3 is 0 Å². The molecule has 10 heavy (non-hydrogen) atoms. The average molecular weight is 136 g/mol. The molecule has 0 nitrogen and oxygen atoms in total. The van der Waals surface area contributed by atoms with E-state index in [0.717, 1.165) is 18.3 Å². The molecule has 0 heterocycles. The Morgan fingerprint density at radius 2 is 2.20 bits per heavy atom. The minimum absolute atomic E-state index is 0.848. The first kappa shape index (κ1) is 7.66. The quantitative estimate of drug-likeness (QED) is 0.512. The Morgan fingerprint density at radius 1 is 1.50 bits per heavy atom. The van der Waals surface area contributed by atoms with Gasteiger partial charge in [0.05, 0.1) is 0 Å². The van der Waals surface area contributed by atoms with Crippen molar-refractivity contribution >= 4 is 0 Å². The topological polar surface area (TPSA) is 0 Å². The molecule has 1 saturated carbocycles. The molecule has 0 amide bonds. The van der Waals surface area contributed by atoms with E-state index in [2.05, 4.69) is 18.8 Å². The zero-order valence-electron chi connectivity index (χ0n) is 6.98. The lowest BCUT2D eigenvalue weighted by Gasteiger charge is -2.30. The molecular weight excluding hydrogens is 120 g/mol. The molecule has 0 spiro atoms. The second-order valence-corrected chi connectivity index (χ2v) is 3.30. The molecule has 1 unspecified atom stereocenters. The molecule has 1 fully saturated rings. The summed E-state index contributed by atoms with van der Waals surface area (Å²) in [6.45, 7) is 4.25. The fourth-order valence-electron chi connectivity index (χ4n) is 1.44. The van der Waals surface area contributed by atoms with Gasteiger partial charge in [-0.15, -0.1) is 11.8 Å². The zero-order valence-corrected chi connectivity index (χ0v) is 6.98. The summed E-state index contributed by atoms with van der Waals surface area (Å²) in [6, 6.07) is 0. The summed E-state index contributed by atoms with van der Waals surface area (Å²) in [5, 5.41) is 0. The molecule has 1 rings (SSSR count). The minimum atomic E-state index is 0.848. The molecule has 0 aliphatic heterocycles. The largest absolute Gasteiger partial charge is 0.107 e. The average Bonchev–Trinajstić information content (AvgIpc) is 1.79. The first-order chi connectivity index (χ1) is 4.84. The van der Waals surface area contributed by atoms with Gasteiger partial charge in [-0.05, 0) is 18.8 Å². The summed E-state index contributed by atoms with van der Waals surface area (Å²) >= 11 is 0. The molecule has 0 aromatic heterocycles. The van der Waals surface area contributed by atoms with Crippen LogP contribution in [-0.2, 0) is 0 Å². The zero-order chi connectivity index (χ0) is 7.40. The minimum Gasteiger partial charge on any atom is -0.107 e. The highest BCUT2D eigenvalue weighted by atomic mass is 14.3. The Hall–Kier alpha value is -0.440. The van der Waals surface area contributed by atoms with E-state index >= 15 is 0 Å². The van der Waals surface area contributed by atoms with Gasteiger partial charge in [0.15, 0.2) is 0 Å². The van der Waals surface area contributed by atoms with Crippen molar-refractivity contribution in [2.45, 2.75) is 39.5 Å². The van der Waals surface area contributed by atoms with Gasteiger partial charge in [0.1, 0.15) is 0 Å². The summed E-state index contributed by atoms with van der Waals surface area (Å²) in [4.78, 5) is 0. The molecule has 1 aliphatic rings. The smallest absolute Gasteiger partial charge is 0.0117 e. The highest BCUT2D eigenvalue weighted by Gasteiger charge is 2.22. The monoisotopic (exact) mass is 136 g/mol. The van der Waals surface area contributed by atoms with Gasteiger partial charge >= 0.3 is 0 Å². The van der Waals surface area contributed by atoms with Crippen LogP contribution >= 0.6 is 0 Å². The van der Waals surface area contributed by atoms with Crippen LogP contribution in [0.5, 0.6) is 0 Å². The van der Waals surface area contributed by atoms with Crippen molar-refractivity contribution in [2.75, 3.05) is 0 Å². The Labute approximate surface area is 64.0 Å². The third-order valence-corrected chi connectivity index (χ3v) is 2.56. The number of hydrogen-bond acceptors (Lipinski definition) is 0. The third kappa shape index (κ3) is 1.77. The normalized spacial score (nSPS) is 20.6. The maximum atomic E-state index is 3.15. The molecule has 1 aliphatic carbocycles. The van der Waals surface area contributed by atoms with E-state index < -0.39 is 0 Å². The van der Waals surface area contributed by atoms with Crippen LogP contribution in [0.15, 0.2) is 0 Å². The van der Waals surface area contributed by atoms with Crippen LogP contribution in [0, 0.1) is 23.7 Å². The highest BCUT2D eigenvalue weighted by molar-refractivity contribution is 4.97. The van der Waals surface area contributed by atoms with Gasteiger partial charge in [-0.2, -0.15) is 0 Å². The predicted molar refractivity (Wildman–Crippen MR) is 44.6 cm³/mol. The van der Waals surface area contributed by atoms with E-state index in [9.17, 15) is 0 Å². The molecule has 0 heteroatoms. The van der Waals surface area contributed by atoms with E-state index in [0.29, 0.717) is 0 Å². The van der Waals surface area contributed by atoms with Crippen LogP contribution in [0.25, 0.3) is 0 Å². The van der Waals surface area contributed by atoms with Crippen LogP contribution in [0.3, 0.4) is 0 Å². The molecule has 0 saturated heterocycles. The summed E-state index contributed by atoms with van der Waals surface area (Å²) in [5.74, 6) is 7.95. The third-order valence-electron chi connectivity index (χ3n) is 2.56. The van der Waals surface area contributed by atoms with Gasteiger partial charge in [-0.25, -0.2) is 0 Å². The van der Waals surface area contributed by atoms with Crippen molar-refractivity contribution < 1.29 is 0 Å². The van der Waals surface area contributed by atoms with Crippen LogP contribution in [0.1, 0.15) is 39.5 Å². The Balaban J connectivity index is 2.17. The number of hydrogen-bond donors (Lipinski definition) is 0. The van der Waals surface area contributed by atoms with Crippen molar-refractivity contribution in [3.05, 3.63) is 0 Å². The number of rotatable bonds is 2. The van der Waals surface area contributed by atoms with Crippen molar-refractivity contribution in [3.63, 3.8) is 0 Å². The molecule has 0 aromatic carbocycles. The summed E-state index contributed by atoms with van der Waals surface area (Å²) in [6.07, 6.45) is 5.47. The highest BCUT2D eigenvalue weighted by Crippen LogP contribution is 2.34. The van der Waals surface area contributed by atoms with Crippen molar-refractivity contribution in [1.82, 2.24) is 0 Å². The SMILES string of the molecule is CC#CCC(C)C1CCC1. The van der Waals surface area contributed by atoms with Gasteiger partial charge in [-0.3, -0.25) is 0 Å². The second kappa shape index (κ2) is 3.66. The fourth-order valence-corrected chi connectivity index (χ4v) is 1.44. The predicted octanol–water partition coefficient (Wildman–Crippen LogP) is 2.84. The lowest BCUT2D eigenvalue weighted by Crippen LogP contribution is -2.18. The van der Waals surface area contributed by atoms with Crippen LogP contribution < -0.4 is 0 Å². The Morgan fingerprint density at radius 3 is 2.60 bits per heavy atom. The maximum Gasteiger partial charge on any atom is 0.0117 e. The molecule has 0 aromatic rings. The van der Waals surface area contributed by atoms with Gasteiger partial charge in [-0.1, -0.05) is 26.2 Å². The fraction of sp³-hybridized carbons (Fsp3) is 0.800. The Kier molecular flexibility index (Phi) is 2.81. The van der Waals surface area contributed by atoms with E-state index in [4.69, 9.17) is 0 Å². The lowest BCUT2D eigenvalue weighted by atomic mass is 9.75. The lowest BCUT2D eigenvalue weighted by molar-refractivity contribution is 0.224. The Bertz CT molecular complexity index is 143. The van der Waals surface area contributed by atoms with Crippen molar-refractivity contribution in [2.24, 2.45) is 11.8 Å². The van der Waals surface area contributed by atoms with Crippen LogP contribution in [0.2, 0.25) is 0 Å². The molecular formula is C10H16. The van der Waals surface area contributed by atoms with Gasteiger partial charge in [0, 0.05) is 6.42 Å². The maximum absolute atomic E-state index is 3.15. The standard InChI is InChI=1S/C10H16/c1-3-4-6-9(2)10-7-5-8-10/h9-10H,5-8H2,1-2H3. The van der Waals surface area contributed by atoms with Crippen molar-refractivity contribution in [1.29, 1.82) is 0 Å². The summed E-state index contributed by atoms with van der Waals surface area (Å²) < 4.78 is 0. The van der Waals surface area contributed by atoms with Gasteiger partial charge in [0.25, 0.3) is 0 Å². The van der Waals surface area contributed by atoms with E-state index in [1.165, 1.54) is 19.3 Å². The first-order valence-electron chi connectivity index (χ1n) is 4.24. The summed E-state index contributed by atoms with van der Waals surface area (Å²) in [5.41, 5.74) is 0. The summed E-state index contributed by atoms with van der Waals surface area (Å²) in [7, 11) is 0.